The minimum Gasteiger partial charge on any atom is -0.551 e. The lowest BCUT2D eigenvalue weighted by Gasteiger charge is -2.42. The van der Waals surface area contributed by atoms with Crippen molar-refractivity contribution in [2.24, 2.45) is 0 Å². The fourth-order valence-electron chi connectivity index (χ4n) is 5.95. The van der Waals surface area contributed by atoms with Crippen molar-refractivity contribution in [1.82, 2.24) is 0 Å². The van der Waals surface area contributed by atoms with Crippen LogP contribution in [0, 0.1) is 0 Å². The number of hydrogen-bond acceptors (Lipinski definition) is 2. The largest absolute Gasteiger partial charge is 0.551 e. The molecule has 5 aromatic rings. The van der Waals surface area contributed by atoms with Crippen LogP contribution in [0.3, 0.4) is 0 Å². The lowest BCUT2D eigenvalue weighted by atomic mass is 9.52. The molecule has 172 valence electrons. The van der Waals surface area contributed by atoms with Crippen molar-refractivity contribution < 1.29 is 4.65 Å². The molecule has 3 heteroatoms. The maximum atomic E-state index is 6.56. The number of hydrogen-bond donors (Lipinski definition) is 0. The zero-order valence-electron chi connectivity index (χ0n) is 20.5. The Hall–Kier alpha value is -4.24. The summed E-state index contributed by atoms with van der Waals surface area (Å²) in [6.07, 6.45) is 0. The fraction of sp³-hybridized carbons (Fsp3) is 0.0909. The lowest BCUT2D eigenvalue weighted by molar-refractivity contribution is 0.590. The summed E-state index contributed by atoms with van der Waals surface area (Å²) in [5.74, 6) is 0.927. The Balaban J connectivity index is 1.46. The highest BCUT2D eigenvalue weighted by atomic mass is 16.4. The highest BCUT2D eigenvalue weighted by molar-refractivity contribution is 6.82. The van der Waals surface area contributed by atoms with E-state index in [4.69, 9.17) is 4.65 Å². The van der Waals surface area contributed by atoms with E-state index in [0.29, 0.717) is 0 Å². The van der Waals surface area contributed by atoms with Gasteiger partial charge >= 0.3 is 6.92 Å². The van der Waals surface area contributed by atoms with Crippen LogP contribution in [-0.4, -0.2) is 6.92 Å². The third-order valence-corrected chi connectivity index (χ3v) is 7.74. The number of nitrogens with zero attached hydrogens (tertiary/aromatic N) is 1. The average molecular weight is 463 g/mol. The summed E-state index contributed by atoms with van der Waals surface area (Å²) in [6, 6.07) is 43.4. The van der Waals surface area contributed by atoms with Crippen LogP contribution in [0.1, 0.15) is 25.0 Å². The number of para-hydroxylation sites is 3. The van der Waals surface area contributed by atoms with E-state index < -0.39 is 0 Å². The Morgan fingerprint density at radius 2 is 1.22 bits per heavy atom. The first-order valence-electron chi connectivity index (χ1n) is 12.6. The van der Waals surface area contributed by atoms with Crippen LogP contribution in [0.2, 0.25) is 0 Å². The Morgan fingerprint density at radius 1 is 0.611 bits per heavy atom. The maximum absolute atomic E-state index is 6.56. The molecule has 0 N–H and O–H groups in total. The molecule has 0 spiro atoms. The molecule has 2 heterocycles. The Labute approximate surface area is 212 Å². The van der Waals surface area contributed by atoms with Gasteiger partial charge in [0, 0.05) is 16.7 Å². The van der Waals surface area contributed by atoms with E-state index in [1.54, 1.807) is 0 Å². The van der Waals surface area contributed by atoms with Gasteiger partial charge in [-0.05, 0) is 57.9 Å². The van der Waals surface area contributed by atoms with Crippen molar-refractivity contribution >= 4 is 34.9 Å². The molecule has 0 saturated carbocycles. The monoisotopic (exact) mass is 463 g/mol. The summed E-state index contributed by atoms with van der Waals surface area (Å²) in [5.41, 5.74) is 11.0. The number of rotatable bonds is 2. The maximum Gasteiger partial charge on any atom is 0.427 e. The van der Waals surface area contributed by atoms with E-state index in [1.807, 2.05) is 0 Å². The van der Waals surface area contributed by atoms with Crippen LogP contribution in [-0.2, 0) is 5.41 Å². The zero-order valence-corrected chi connectivity index (χ0v) is 20.5. The molecule has 0 atom stereocenters. The van der Waals surface area contributed by atoms with Crippen LogP contribution < -0.4 is 20.5 Å². The molecule has 0 aliphatic carbocycles. The van der Waals surface area contributed by atoms with Crippen molar-refractivity contribution in [3.8, 4) is 16.9 Å². The van der Waals surface area contributed by atoms with E-state index >= 15 is 0 Å². The van der Waals surface area contributed by atoms with E-state index in [1.165, 1.54) is 33.5 Å². The van der Waals surface area contributed by atoms with E-state index in [-0.39, 0.29) is 12.3 Å². The summed E-state index contributed by atoms with van der Waals surface area (Å²) in [6.45, 7) is 4.52. The van der Waals surface area contributed by atoms with Gasteiger partial charge in [-0.3, -0.25) is 0 Å². The molecule has 0 saturated heterocycles. The Kier molecular flexibility index (Phi) is 4.62. The summed E-state index contributed by atoms with van der Waals surface area (Å²) >= 11 is 0. The van der Waals surface area contributed by atoms with E-state index in [9.17, 15) is 0 Å². The molecule has 0 bridgehead atoms. The van der Waals surface area contributed by atoms with Crippen LogP contribution in [0.25, 0.3) is 11.1 Å². The lowest BCUT2D eigenvalue weighted by Crippen LogP contribution is -2.50. The summed E-state index contributed by atoms with van der Waals surface area (Å²) in [4.78, 5) is 2.42. The second kappa shape index (κ2) is 7.89. The van der Waals surface area contributed by atoms with Gasteiger partial charge in [0.2, 0.25) is 0 Å². The first kappa shape index (κ1) is 21.1. The molecule has 2 nitrogen and oxygen atoms in total. The molecule has 5 aromatic carbocycles. The van der Waals surface area contributed by atoms with Gasteiger partial charge in [0.25, 0.3) is 0 Å². The van der Waals surface area contributed by atoms with Gasteiger partial charge in [0.15, 0.2) is 0 Å². The van der Waals surface area contributed by atoms with Crippen molar-refractivity contribution in [2.45, 2.75) is 19.3 Å². The minimum atomic E-state index is -0.134. The zero-order chi connectivity index (χ0) is 24.3. The second-order valence-electron chi connectivity index (χ2n) is 10.2. The first-order valence-corrected chi connectivity index (χ1v) is 12.6. The second-order valence-corrected chi connectivity index (χ2v) is 10.2. The van der Waals surface area contributed by atoms with E-state index in [2.05, 4.69) is 140 Å². The van der Waals surface area contributed by atoms with Gasteiger partial charge in [0.1, 0.15) is 5.75 Å². The third-order valence-electron chi connectivity index (χ3n) is 7.74. The Bertz CT molecular complexity index is 1560. The quantitative estimate of drug-likeness (QED) is 0.263. The van der Waals surface area contributed by atoms with Crippen LogP contribution in [0.15, 0.2) is 121 Å². The van der Waals surface area contributed by atoms with Crippen molar-refractivity contribution in [3.63, 3.8) is 0 Å². The topological polar surface area (TPSA) is 12.5 Å². The standard InChI is InChI=1S/C33H26BNO/c1-33(2)27-15-7-9-17-30(27)35(31-18-10-8-16-28(31)33)24-20-21-29-26(22-24)25-14-6-11-19-32(25)36-34(29)23-12-4-3-5-13-23/h3-22H,1-2H3. The molecular weight excluding hydrogens is 437 g/mol. The van der Waals surface area contributed by atoms with Gasteiger partial charge in [-0.25, -0.2) is 0 Å². The number of anilines is 3. The predicted molar refractivity (Wildman–Crippen MR) is 151 cm³/mol. The van der Waals surface area contributed by atoms with Crippen molar-refractivity contribution in [1.29, 1.82) is 0 Å². The summed E-state index contributed by atoms with van der Waals surface area (Å²) < 4.78 is 6.56. The van der Waals surface area contributed by atoms with Crippen molar-refractivity contribution in [3.05, 3.63) is 132 Å². The molecule has 0 aromatic heterocycles. The van der Waals surface area contributed by atoms with Gasteiger partial charge < -0.3 is 9.55 Å². The highest BCUT2D eigenvalue weighted by Gasteiger charge is 2.37. The molecule has 2 aliphatic heterocycles. The molecule has 7 rings (SSSR count). The van der Waals surface area contributed by atoms with Gasteiger partial charge in [-0.1, -0.05) is 105 Å². The van der Waals surface area contributed by atoms with Crippen LogP contribution >= 0.6 is 0 Å². The Morgan fingerprint density at radius 3 is 1.94 bits per heavy atom. The third kappa shape index (κ3) is 3.06. The van der Waals surface area contributed by atoms with Gasteiger partial charge in [-0.2, -0.15) is 0 Å². The minimum absolute atomic E-state index is 0.0727. The van der Waals surface area contributed by atoms with E-state index in [0.717, 1.165) is 22.5 Å². The molecule has 0 unspecified atom stereocenters. The molecule has 2 aliphatic rings. The van der Waals surface area contributed by atoms with Gasteiger partial charge in [0.05, 0.1) is 11.4 Å². The highest BCUT2D eigenvalue weighted by Crippen LogP contribution is 2.52. The van der Waals surface area contributed by atoms with Crippen LogP contribution in [0.4, 0.5) is 17.1 Å². The molecule has 0 fully saturated rings. The number of benzene rings is 5. The first-order chi connectivity index (χ1) is 17.6. The predicted octanol–water partition coefficient (Wildman–Crippen LogP) is 6.96. The molecular formula is C33H26BNO. The van der Waals surface area contributed by atoms with Crippen LogP contribution in [0.5, 0.6) is 5.75 Å². The van der Waals surface area contributed by atoms with Gasteiger partial charge in [-0.15, -0.1) is 0 Å². The fourth-order valence-corrected chi connectivity index (χ4v) is 5.95. The summed E-state index contributed by atoms with van der Waals surface area (Å²) in [5, 5.41) is 0. The normalized spacial score (nSPS) is 14.7. The van der Waals surface area contributed by atoms with Crippen molar-refractivity contribution in [2.75, 3.05) is 4.90 Å². The number of fused-ring (bicyclic) bond motifs is 5. The average Bonchev–Trinajstić information content (AvgIpc) is 2.93. The molecule has 0 radical (unpaired) electrons. The molecule has 36 heavy (non-hydrogen) atoms. The SMILES string of the molecule is CC1(C)c2ccccc2N(c2ccc3c(c2)-c2ccccc2OB3c2ccccc2)c2ccccc21. The summed E-state index contributed by atoms with van der Waals surface area (Å²) in [7, 11) is 0. The molecule has 0 amide bonds. The smallest absolute Gasteiger partial charge is 0.427 e.